The lowest BCUT2D eigenvalue weighted by Crippen LogP contribution is -2.30. The zero-order valence-electron chi connectivity index (χ0n) is 17.5. The monoisotopic (exact) mass is 402 g/mol. The van der Waals surface area contributed by atoms with Crippen LogP contribution in [0.3, 0.4) is 0 Å². The smallest absolute Gasteiger partial charge is 0.127 e. The minimum Gasteiger partial charge on any atom is -0.457 e. The summed E-state index contributed by atoms with van der Waals surface area (Å²) in [5, 5.41) is 9.01. The van der Waals surface area contributed by atoms with E-state index in [2.05, 4.69) is 85.5 Å². The first-order valence-electron chi connectivity index (χ1n) is 10.4. The summed E-state index contributed by atoms with van der Waals surface area (Å²) >= 11 is 0. The fourth-order valence-corrected chi connectivity index (χ4v) is 4.34. The standard InChI is InChI=1S/C28H22N2O/c1-28(2)24-10-6-7-11-26(24)30(21-8-4-3-5-9-21)27-17-16-23(18-25(27)28)31-22-14-12-20(19-29)13-15-22/h3-18H,1-2H3. The zero-order chi connectivity index (χ0) is 21.4. The van der Waals surface area contributed by atoms with Gasteiger partial charge in [0, 0.05) is 11.1 Å². The molecule has 0 radical (unpaired) electrons. The maximum absolute atomic E-state index is 9.01. The molecule has 0 amide bonds. The lowest BCUT2D eigenvalue weighted by atomic mass is 9.73. The number of fused-ring (bicyclic) bond motifs is 2. The van der Waals surface area contributed by atoms with Crippen LogP contribution in [0, 0.1) is 11.3 Å². The molecule has 0 unspecified atom stereocenters. The number of hydrogen-bond acceptors (Lipinski definition) is 3. The lowest BCUT2D eigenvalue weighted by molar-refractivity contribution is 0.479. The highest BCUT2D eigenvalue weighted by Crippen LogP contribution is 2.52. The molecule has 3 heteroatoms. The van der Waals surface area contributed by atoms with Gasteiger partial charge in [-0.1, -0.05) is 50.2 Å². The van der Waals surface area contributed by atoms with Crippen LogP contribution in [-0.4, -0.2) is 0 Å². The van der Waals surface area contributed by atoms with Crippen molar-refractivity contribution < 1.29 is 4.74 Å². The molecule has 0 bridgehead atoms. The molecule has 1 aliphatic heterocycles. The largest absolute Gasteiger partial charge is 0.457 e. The minimum absolute atomic E-state index is 0.179. The third-order valence-corrected chi connectivity index (χ3v) is 5.93. The highest BCUT2D eigenvalue weighted by atomic mass is 16.5. The summed E-state index contributed by atoms with van der Waals surface area (Å²) in [5.41, 5.74) is 6.42. The lowest BCUT2D eigenvalue weighted by Gasteiger charge is -2.42. The van der Waals surface area contributed by atoms with Crippen molar-refractivity contribution in [3.8, 4) is 17.6 Å². The van der Waals surface area contributed by atoms with E-state index in [0.717, 1.165) is 17.1 Å². The average molecular weight is 402 g/mol. The molecule has 0 spiro atoms. The van der Waals surface area contributed by atoms with E-state index in [1.54, 1.807) is 12.1 Å². The van der Waals surface area contributed by atoms with Crippen molar-refractivity contribution >= 4 is 17.1 Å². The van der Waals surface area contributed by atoms with Gasteiger partial charge in [-0.25, -0.2) is 0 Å². The summed E-state index contributed by atoms with van der Waals surface area (Å²) < 4.78 is 6.14. The molecule has 0 fully saturated rings. The van der Waals surface area contributed by atoms with E-state index in [0.29, 0.717) is 11.3 Å². The van der Waals surface area contributed by atoms with Gasteiger partial charge in [-0.15, -0.1) is 0 Å². The quantitative estimate of drug-likeness (QED) is 0.357. The first-order chi connectivity index (χ1) is 15.1. The molecule has 0 saturated carbocycles. The van der Waals surface area contributed by atoms with Gasteiger partial charge in [0.1, 0.15) is 11.5 Å². The van der Waals surface area contributed by atoms with Gasteiger partial charge in [0.25, 0.3) is 0 Å². The van der Waals surface area contributed by atoms with Gasteiger partial charge in [0.05, 0.1) is 23.0 Å². The Balaban J connectivity index is 1.63. The number of rotatable bonds is 3. The summed E-state index contributed by atoms with van der Waals surface area (Å²) in [5.74, 6) is 1.50. The molecule has 0 aromatic heterocycles. The molecule has 1 heterocycles. The van der Waals surface area contributed by atoms with Crippen molar-refractivity contribution in [2.24, 2.45) is 0 Å². The SMILES string of the molecule is CC1(C)c2ccccc2N(c2ccccc2)c2ccc(Oc3ccc(C#N)cc3)cc21. The average Bonchev–Trinajstić information content (AvgIpc) is 2.81. The molecule has 150 valence electrons. The fraction of sp³-hybridized carbons (Fsp3) is 0.107. The second kappa shape index (κ2) is 7.34. The third kappa shape index (κ3) is 3.23. The number of anilines is 3. The molecule has 4 aromatic rings. The van der Waals surface area contributed by atoms with Crippen LogP contribution in [0.4, 0.5) is 17.1 Å². The predicted molar refractivity (Wildman–Crippen MR) is 124 cm³/mol. The fourth-order valence-electron chi connectivity index (χ4n) is 4.34. The number of benzene rings is 4. The number of nitriles is 1. The van der Waals surface area contributed by atoms with Crippen molar-refractivity contribution in [2.45, 2.75) is 19.3 Å². The summed E-state index contributed by atoms with van der Waals surface area (Å²) in [6, 6.07) is 34.7. The Morgan fingerprint density at radius 3 is 2.10 bits per heavy atom. The van der Waals surface area contributed by atoms with Crippen molar-refractivity contribution in [3.63, 3.8) is 0 Å². The van der Waals surface area contributed by atoms with Crippen LogP contribution < -0.4 is 9.64 Å². The van der Waals surface area contributed by atoms with E-state index < -0.39 is 0 Å². The molecule has 0 atom stereocenters. The third-order valence-electron chi connectivity index (χ3n) is 5.93. The molecule has 0 aliphatic carbocycles. The van der Waals surface area contributed by atoms with Crippen LogP contribution in [0.25, 0.3) is 0 Å². The Morgan fingerprint density at radius 1 is 0.710 bits per heavy atom. The highest BCUT2D eigenvalue weighted by molar-refractivity contribution is 5.86. The number of para-hydroxylation sites is 2. The topological polar surface area (TPSA) is 36.3 Å². The maximum atomic E-state index is 9.01. The molecule has 31 heavy (non-hydrogen) atoms. The zero-order valence-corrected chi connectivity index (χ0v) is 17.5. The second-order valence-electron chi connectivity index (χ2n) is 8.23. The van der Waals surface area contributed by atoms with Crippen molar-refractivity contribution in [1.82, 2.24) is 0 Å². The van der Waals surface area contributed by atoms with Gasteiger partial charge in [-0.2, -0.15) is 5.26 Å². The second-order valence-corrected chi connectivity index (χ2v) is 8.23. The summed E-state index contributed by atoms with van der Waals surface area (Å²) in [6.45, 7) is 4.52. The van der Waals surface area contributed by atoms with Gasteiger partial charge < -0.3 is 9.64 Å². The highest BCUT2D eigenvalue weighted by Gasteiger charge is 2.37. The van der Waals surface area contributed by atoms with Crippen LogP contribution >= 0.6 is 0 Å². The number of ether oxygens (including phenoxy) is 1. The summed E-state index contributed by atoms with van der Waals surface area (Å²) in [6.07, 6.45) is 0. The van der Waals surface area contributed by atoms with E-state index in [-0.39, 0.29) is 5.41 Å². The molecular weight excluding hydrogens is 380 g/mol. The Hall–Kier alpha value is -4.03. The van der Waals surface area contributed by atoms with Gasteiger partial charge in [0.2, 0.25) is 0 Å². The summed E-state index contributed by atoms with van der Waals surface area (Å²) in [7, 11) is 0. The van der Waals surface area contributed by atoms with Gasteiger partial charge in [-0.05, 0) is 71.8 Å². The van der Waals surface area contributed by atoms with Gasteiger partial charge in [0.15, 0.2) is 0 Å². The van der Waals surface area contributed by atoms with Crippen LogP contribution in [-0.2, 0) is 5.41 Å². The van der Waals surface area contributed by atoms with Crippen molar-refractivity contribution in [2.75, 3.05) is 4.90 Å². The van der Waals surface area contributed by atoms with E-state index in [4.69, 9.17) is 10.00 Å². The van der Waals surface area contributed by atoms with E-state index in [1.165, 1.54) is 16.8 Å². The molecule has 5 rings (SSSR count). The van der Waals surface area contributed by atoms with Crippen molar-refractivity contribution in [1.29, 1.82) is 5.26 Å². The first-order valence-corrected chi connectivity index (χ1v) is 10.4. The van der Waals surface area contributed by atoms with Gasteiger partial charge in [-0.3, -0.25) is 0 Å². The van der Waals surface area contributed by atoms with Gasteiger partial charge >= 0.3 is 0 Å². The summed E-state index contributed by atoms with van der Waals surface area (Å²) in [4.78, 5) is 2.32. The maximum Gasteiger partial charge on any atom is 0.127 e. The number of hydrogen-bond donors (Lipinski definition) is 0. The van der Waals surface area contributed by atoms with Crippen LogP contribution in [0.5, 0.6) is 11.5 Å². The Morgan fingerprint density at radius 2 is 1.35 bits per heavy atom. The van der Waals surface area contributed by atoms with Crippen LogP contribution in [0.1, 0.15) is 30.5 Å². The Labute approximate surface area is 182 Å². The molecule has 4 aromatic carbocycles. The van der Waals surface area contributed by atoms with Crippen LogP contribution in [0.2, 0.25) is 0 Å². The van der Waals surface area contributed by atoms with E-state index in [1.807, 2.05) is 24.3 Å². The molecule has 3 nitrogen and oxygen atoms in total. The first kappa shape index (κ1) is 19.0. The van der Waals surface area contributed by atoms with E-state index >= 15 is 0 Å². The minimum atomic E-state index is -0.179. The molecule has 1 aliphatic rings. The molecular formula is C28H22N2O. The Kier molecular flexibility index (Phi) is 4.49. The van der Waals surface area contributed by atoms with E-state index in [9.17, 15) is 0 Å². The number of nitrogens with zero attached hydrogens (tertiary/aromatic N) is 2. The Bertz CT molecular complexity index is 1280. The van der Waals surface area contributed by atoms with Crippen molar-refractivity contribution in [3.05, 3.63) is 114 Å². The normalized spacial score (nSPS) is 13.6. The predicted octanol–water partition coefficient (Wildman–Crippen LogP) is 7.46. The van der Waals surface area contributed by atoms with Crippen LogP contribution in [0.15, 0.2) is 97.1 Å². The molecule has 0 saturated heterocycles. The molecule has 0 N–H and O–H groups in total.